The highest BCUT2D eigenvalue weighted by Crippen LogP contribution is 2.32. The molecule has 0 aromatic rings. The first-order valence-corrected chi connectivity index (χ1v) is 5.90. The summed E-state index contributed by atoms with van der Waals surface area (Å²) in [6, 6.07) is 0. The first-order valence-electron chi connectivity index (χ1n) is 5.90. The Balaban J connectivity index is 2.78. The molecule has 0 aromatic carbocycles. The smallest absolute Gasteiger partial charge is 0.315 e. The molecule has 17 heavy (non-hydrogen) atoms. The molecule has 1 saturated heterocycles. The zero-order chi connectivity index (χ0) is 13.1. The Morgan fingerprint density at radius 1 is 1.47 bits per heavy atom. The lowest BCUT2D eigenvalue weighted by Gasteiger charge is -2.32. The highest BCUT2D eigenvalue weighted by Gasteiger charge is 2.45. The van der Waals surface area contributed by atoms with E-state index in [2.05, 4.69) is 6.58 Å². The van der Waals surface area contributed by atoms with E-state index in [1.165, 1.54) is 0 Å². The van der Waals surface area contributed by atoms with E-state index in [1.807, 2.05) is 20.8 Å². The van der Waals surface area contributed by atoms with Gasteiger partial charge in [-0.2, -0.15) is 0 Å². The van der Waals surface area contributed by atoms with E-state index < -0.39 is 17.3 Å². The minimum Gasteiger partial charge on any atom is -0.460 e. The average molecular weight is 242 g/mol. The van der Waals surface area contributed by atoms with E-state index in [1.54, 1.807) is 13.0 Å². The predicted molar refractivity (Wildman–Crippen MR) is 64.5 cm³/mol. The number of esters is 1. The number of carbonyl (C=O) groups excluding carboxylic acids is 1. The second-order valence-corrected chi connectivity index (χ2v) is 5.32. The van der Waals surface area contributed by atoms with Gasteiger partial charge >= 0.3 is 5.97 Å². The summed E-state index contributed by atoms with van der Waals surface area (Å²) in [6.45, 7) is 12.0. The molecule has 4 nitrogen and oxygen atoms in total. The molecule has 98 valence electrons. The van der Waals surface area contributed by atoms with Crippen molar-refractivity contribution in [3.05, 3.63) is 12.7 Å². The molecule has 0 aliphatic carbocycles. The van der Waals surface area contributed by atoms with Crippen LogP contribution in [0.4, 0.5) is 0 Å². The fourth-order valence-electron chi connectivity index (χ4n) is 1.80. The Labute approximate surface area is 103 Å². The molecule has 0 aromatic heterocycles. The van der Waals surface area contributed by atoms with Crippen LogP contribution in [0, 0.1) is 5.92 Å². The highest BCUT2D eigenvalue weighted by atomic mass is 16.7. The summed E-state index contributed by atoms with van der Waals surface area (Å²) in [6.07, 6.45) is 2.16. The fraction of sp³-hybridized carbons (Fsp3) is 0.769. The van der Waals surface area contributed by atoms with Gasteiger partial charge in [0.25, 0.3) is 0 Å². The van der Waals surface area contributed by atoms with Crippen LogP contribution in [0.3, 0.4) is 0 Å². The van der Waals surface area contributed by atoms with Crippen molar-refractivity contribution < 1.29 is 19.0 Å². The van der Waals surface area contributed by atoms with Crippen molar-refractivity contribution in [2.75, 3.05) is 13.2 Å². The van der Waals surface area contributed by atoms with Crippen molar-refractivity contribution in [2.45, 2.75) is 45.5 Å². The van der Waals surface area contributed by atoms with Crippen LogP contribution in [0.25, 0.3) is 0 Å². The van der Waals surface area contributed by atoms with Gasteiger partial charge < -0.3 is 14.2 Å². The number of hydrogen-bond acceptors (Lipinski definition) is 4. The lowest BCUT2D eigenvalue weighted by Crippen LogP contribution is -2.43. The number of carbonyl (C=O) groups is 1. The van der Waals surface area contributed by atoms with Crippen LogP contribution >= 0.6 is 0 Å². The van der Waals surface area contributed by atoms with Crippen LogP contribution in [0.5, 0.6) is 0 Å². The minimum atomic E-state index is -0.892. The van der Waals surface area contributed by atoms with Crippen molar-refractivity contribution in [3.8, 4) is 0 Å². The Kier molecular flexibility index (Phi) is 4.33. The topological polar surface area (TPSA) is 44.8 Å². The van der Waals surface area contributed by atoms with Crippen molar-refractivity contribution in [1.82, 2.24) is 0 Å². The third kappa shape index (κ3) is 3.82. The SMILES string of the molecule is C=CCC(C(=O)OC(C)(C)C)C1(C)OCCO1. The van der Waals surface area contributed by atoms with Crippen LogP contribution in [-0.4, -0.2) is 30.6 Å². The van der Waals surface area contributed by atoms with Gasteiger partial charge in [0.1, 0.15) is 11.5 Å². The second kappa shape index (κ2) is 5.19. The number of allylic oxidation sites excluding steroid dienone is 1. The van der Waals surface area contributed by atoms with Gasteiger partial charge in [0.05, 0.1) is 13.2 Å². The largest absolute Gasteiger partial charge is 0.460 e. The van der Waals surface area contributed by atoms with Crippen LogP contribution in [-0.2, 0) is 19.0 Å². The molecule has 1 heterocycles. The van der Waals surface area contributed by atoms with Crippen molar-refractivity contribution in [3.63, 3.8) is 0 Å². The molecule has 0 spiro atoms. The second-order valence-electron chi connectivity index (χ2n) is 5.32. The maximum Gasteiger partial charge on any atom is 0.315 e. The van der Waals surface area contributed by atoms with Crippen LogP contribution in [0.2, 0.25) is 0 Å². The van der Waals surface area contributed by atoms with Gasteiger partial charge in [0, 0.05) is 0 Å². The number of rotatable bonds is 4. The molecular weight excluding hydrogens is 220 g/mol. The third-order valence-corrected chi connectivity index (χ3v) is 2.59. The molecule has 0 amide bonds. The summed E-state index contributed by atoms with van der Waals surface area (Å²) in [4.78, 5) is 12.1. The first-order chi connectivity index (χ1) is 7.78. The van der Waals surface area contributed by atoms with Gasteiger partial charge in [-0.3, -0.25) is 4.79 Å². The Morgan fingerprint density at radius 2 is 2.00 bits per heavy atom. The molecule has 1 aliphatic rings. The highest BCUT2D eigenvalue weighted by molar-refractivity contribution is 5.74. The van der Waals surface area contributed by atoms with Crippen molar-refractivity contribution in [1.29, 1.82) is 0 Å². The lowest BCUT2D eigenvalue weighted by atomic mass is 9.96. The molecule has 1 atom stereocenters. The third-order valence-electron chi connectivity index (χ3n) is 2.59. The quantitative estimate of drug-likeness (QED) is 0.560. The Hall–Kier alpha value is -0.870. The van der Waals surface area contributed by atoms with Crippen LogP contribution < -0.4 is 0 Å². The zero-order valence-corrected chi connectivity index (χ0v) is 11.1. The summed E-state index contributed by atoms with van der Waals surface area (Å²) in [5, 5.41) is 0. The summed E-state index contributed by atoms with van der Waals surface area (Å²) in [5.41, 5.74) is -0.508. The molecule has 1 unspecified atom stereocenters. The minimum absolute atomic E-state index is 0.304. The van der Waals surface area contributed by atoms with E-state index in [4.69, 9.17) is 14.2 Å². The molecule has 1 fully saturated rings. The van der Waals surface area contributed by atoms with Gasteiger partial charge in [-0.1, -0.05) is 6.08 Å². The molecule has 0 N–H and O–H groups in total. The van der Waals surface area contributed by atoms with E-state index in [9.17, 15) is 4.79 Å². The van der Waals surface area contributed by atoms with E-state index in [0.29, 0.717) is 19.6 Å². The molecule has 1 rings (SSSR count). The van der Waals surface area contributed by atoms with Gasteiger partial charge in [0.15, 0.2) is 5.79 Å². The first kappa shape index (κ1) is 14.2. The molecule has 0 saturated carbocycles. The zero-order valence-electron chi connectivity index (χ0n) is 11.1. The fourth-order valence-corrected chi connectivity index (χ4v) is 1.80. The molecule has 1 aliphatic heterocycles. The van der Waals surface area contributed by atoms with Crippen molar-refractivity contribution in [2.24, 2.45) is 5.92 Å². The maximum atomic E-state index is 12.1. The summed E-state index contributed by atoms with van der Waals surface area (Å²) < 4.78 is 16.4. The summed E-state index contributed by atoms with van der Waals surface area (Å²) >= 11 is 0. The normalized spacial score (nSPS) is 20.9. The number of hydrogen-bond donors (Lipinski definition) is 0. The number of ether oxygens (including phenoxy) is 3. The maximum absolute atomic E-state index is 12.1. The molecule has 0 bridgehead atoms. The predicted octanol–water partition coefficient (Wildman–Crippen LogP) is 2.28. The summed E-state index contributed by atoms with van der Waals surface area (Å²) in [7, 11) is 0. The van der Waals surface area contributed by atoms with Crippen LogP contribution in [0.1, 0.15) is 34.1 Å². The monoisotopic (exact) mass is 242 g/mol. The van der Waals surface area contributed by atoms with E-state index in [0.717, 1.165) is 0 Å². The van der Waals surface area contributed by atoms with Gasteiger partial charge in [-0.15, -0.1) is 6.58 Å². The standard InChI is InChI=1S/C13H22O4/c1-6-7-10(11(14)17-12(2,3)4)13(5)15-8-9-16-13/h6,10H,1,7-9H2,2-5H3. The van der Waals surface area contributed by atoms with E-state index in [-0.39, 0.29) is 5.97 Å². The lowest BCUT2D eigenvalue weighted by molar-refractivity contribution is -0.206. The Morgan fingerprint density at radius 3 is 2.41 bits per heavy atom. The molecular formula is C13H22O4. The summed E-state index contributed by atoms with van der Waals surface area (Å²) in [5.74, 6) is -1.67. The Bertz CT molecular complexity index is 284. The van der Waals surface area contributed by atoms with Gasteiger partial charge in [-0.05, 0) is 34.1 Å². The molecule has 0 radical (unpaired) electrons. The van der Waals surface area contributed by atoms with E-state index >= 15 is 0 Å². The van der Waals surface area contributed by atoms with Gasteiger partial charge in [0.2, 0.25) is 0 Å². The van der Waals surface area contributed by atoms with Gasteiger partial charge in [-0.25, -0.2) is 0 Å². The average Bonchev–Trinajstić information content (AvgIpc) is 2.59. The van der Waals surface area contributed by atoms with Crippen molar-refractivity contribution >= 4 is 5.97 Å². The van der Waals surface area contributed by atoms with Crippen LogP contribution in [0.15, 0.2) is 12.7 Å². The molecule has 4 heteroatoms.